The minimum absolute atomic E-state index is 0.253. The van der Waals surface area contributed by atoms with Crippen molar-refractivity contribution in [3.05, 3.63) is 42.8 Å². The van der Waals surface area contributed by atoms with Crippen molar-refractivity contribution in [2.24, 2.45) is 0 Å². The van der Waals surface area contributed by atoms with Gasteiger partial charge in [-0.1, -0.05) is 12.5 Å². The lowest BCUT2D eigenvalue weighted by molar-refractivity contribution is -0.197. The van der Waals surface area contributed by atoms with Crippen molar-refractivity contribution in [1.29, 1.82) is 0 Å². The van der Waals surface area contributed by atoms with Crippen molar-refractivity contribution in [2.75, 3.05) is 19.4 Å². The first-order chi connectivity index (χ1) is 17.8. The monoisotopic (exact) mass is 505 g/mol. The first-order valence-corrected chi connectivity index (χ1v) is 11.7. The van der Waals surface area contributed by atoms with Gasteiger partial charge in [0.15, 0.2) is 29.6 Å². The number of nitrogens with one attached hydrogen (secondary N) is 1. The van der Waals surface area contributed by atoms with Gasteiger partial charge in [0.25, 0.3) is 5.91 Å². The zero-order chi connectivity index (χ0) is 26.2. The highest BCUT2D eigenvalue weighted by atomic mass is 16.8. The number of imidazole rings is 1. The van der Waals surface area contributed by atoms with Crippen LogP contribution in [-0.2, 0) is 19.0 Å². The Morgan fingerprint density at radius 2 is 2.11 bits per heavy atom. The molecule has 3 N–H and O–H groups in total. The topological polar surface area (TPSA) is 149 Å². The summed E-state index contributed by atoms with van der Waals surface area (Å²) < 4.78 is 25.2. The van der Waals surface area contributed by atoms with Gasteiger partial charge in [-0.15, -0.1) is 0 Å². The number of ether oxygens (including phenoxy) is 4. The normalized spacial score (nSPS) is 23.8. The molecule has 12 heteroatoms. The summed E-state index contributed by atoms with van der Waals surface area (Å²) in [5, 5.41) is 2.87. The van der Waals surface area contributed by atoms with Crippen LogP contribution in [0.15, 0.2) is 31.4 Å². The van der Waals surface area contributed by atoms with Gasteiger partial charge in [0.05, 0.1) is 13.4 Å². The van der Waals surface area contributed by atoms with E-state index in [9.17, 15) is 4.79 Å². The zero-order valence-corrected chi connectivity index (χ0v) is 20.7. The Labute approximate surface area is 213 Å². The number of methoxy groups -OCH3 is 1. The lowest BCUT2D eigenvalue weighted by Gasteiger charge is -2.24. The number of amides is 1. The Hall–Kier alpha value is -4.05. The van der Waals surface area contributed by atoms with Crippen LogP contribution in [0.5, 0.6) is 5.75 Å². The molecule has 0 spiro atoms. The SMILES string of the molecule is C=Cc1nc(C#CCCNC(=O)[C@H]2O[C@@H](n3cnc4c(N)ncnc43)[C@@H]3OC(C)(C)O[C@@H]32)ccc1OC. The van der Waals surface area contributed by atoms with E-state index in [1.54, 1.807) is 50.1 Å². The van der Waals surface area contributed by atoms with E-state index in [1.165, 1.54) is 6.33 Å². The fourth-order valence-corrected chi connectivity index (χ4v) is 4.42. The van der Waals surface area contributed by atoms with Crippen LogP contribution in [0.25, 0.3) is 17.2 Å². The summed E-state index contributed by atoms with van der Waals surface area (Å²) in [5.74, 6) is 5.67. The third kappa shape index (κ3) is 4.72. The number of pyridine rings is 1. The summed E-state index contributed by atoms with van der Waals surface area (Å²) in [5.41, 5.74) is 8.05. The van der Waals surface area contributed by atoms with Gasteiger partial charge in [-0.25, -0.2) is 19.9 Å². The molecule has 0 unspecified atom stereocenters. The van der Waals surface area contributed by atoms with Crippen LogP contribution in [0.2, 0.25) is 0 Å². The smallest absolute Gasteiger partial charge is 0.252 e. The number of carbonyl (C=O) groups is 1. The second-order valence-electron chi connectivity index (χ2n) is 8.93. The minimum Gasteiger partial charge on any atom is -0.494 e. The summed E-state index contributed by atoms with van der Waals surface area (Å²) in [7, 11) is 1.57. The van der Waals surface area contributed by atoms with Gasteiger partial charge in [-0.05, 0) is 38.0 Å². The van der Waals surface area contributed by atoms with E-state index in [0.29, 0.717) is 41.3 Å². The molecule has 0 bridgehead atoms. The minimum atomic E-state index is -0.903. The number of nitrogens with zero attached hydrogens (tertiary/aromatic N) is 5. The van der Waals surface area contributed by atoms with Crippen molar-refractivity contribution in [1.82, 2.24) is 29.8 Å². The molecule has 2 aliphatic heterocycles. The molecule has 0 radical (unpaired) electrons. The van der Waals surface area contributed by atoms with Crippen LogP contribution in [0, 0.1) is 11.8 Å². The van der Waals surface area contributed by atoms with Crippen LogP contribution >= 0.6 is 0 Å². The van der Waals surface area contributed by atoms with Crippen LogP contribution in [-0.4, -0.2) is 68.2 Å². The Bertz CT molecular complexity index is 1410. The van der Waals surface area contributed by atoms with Gasteiger partial charge < -0.3 is 30.0 Å². The molecule has 0 aliphatic carbocycles. The highest BCUT2D eigenvalue weighted by molar-refractivity contribution is 5.83. The summed E-state index contributed by atoms with van der Waals surface area (Å²) >= 11 is 0. The summed E-state index contributed by atoms with van der Waals surface area (Å²) in [6.45, 7) is 7.64. The zero-order valence-electron chi connectivity index (χ0n) is 20.7. The Morgan fingerprint density at radius 3 is 2.89 bits per heavy atom. The summed E-state index contributed by atoms with van der Waals surface area (Å²) in [6.07, 6.45) is 2.15. The van der Waals surface area contributed by atoms with Crippen LogP contribution in [0.1, 0.15) is 37.9 Å². The van der Waals surface area contributed by atoms with Crippen molar-refractivity contribution < 1.29 is 23.7 Å². The van der Waals surface area contributed by atoms with Gasteiger partial charge in [-0.2, -0.15) is 0 Å². The molecule has 2 fully saturated rings. The summed E-state index contributed by atoms with van der Waals surface area (Å²) in [4.78, 5) is 30.0. The van der Waals surface area contributed by atoms with Crippen LogP contribution < -0.4 is 15.8 Å². The van der Waals surface area contributed by atoms with E-state index in [1.807, 2.05) is 0 Å². The Balaban J connectivity index is 1.26. The van der Waals surface area contributed by atoms with E-state index in [-0.39, 0.29) is 11.7 Å². The molecule has 37 heavy (non-hydrogen) atoms. The largest absolute Gasteiger partial charge is 0.494 e. The Morgan fingerprint density at radius 1 is 1.30 bits per heavy atom. The number of nitrogen functional groups attached to an aromatic ring is 1. The quantitative estimate of drug-likeness (QED) is 0.372. The average Bonchev–Trinajstić information content (AvgIpc) is 3.54. The second kappa shape index (κ2) is 9.78. The first-order valence-electron chi connectivity index (χ1n) is 11.7. The molecule has 5 rings (SSSR count). The second-order valence-corrected chi connectivity index (χ2v) is 8.93. The van der Waals surface area contributed by atoms with E-state index in [0.717, 1.165) is 0 Å². The molecule has 0 saturated carbocycles. The number of aromatic nitrogens is 5. The van der Waals surface area contributed by atoms with E-state index in [4.69, 9.17) is 24.7 Å². The molecule has 2 saturated heterocycles. The molecule has 3 aromatic rings. The predicted octanol–water partition coefficient (Wildman–Crippen LogP) is 1.43. The third-order valence-corrected chi connectivity index (χ3v) is 6.01. The predicted molar refractivity (Wildman–Crippen MR) is 133 cm³/mol. The molecule has 2 aliphatic rings. The van der Waals surface area contributed by atoms with Crippen molar-refractivity contribution in [2.45, 2.75) is 50.6 Å². The summed E-state index contributed by atoms with van der Waals surface area (Å²) in [6, 6.07) is 3.55. The molecule has 5 heterocycles. The number of anilines is 1. The molecule has 12 nitrogen and oxygen atoms in total. The Kier molecular flexibility index (Phi) is 6.51. The number of fused-ring (bicyclic) bond motifs is 2. The average molecular weight is 506 g/mol. The molecule has 192 valence electrons. The maximum Gasteiger partial charge on any atom is 0.252 e. The standard InChI is InChI=1S/C25H27N7O5/c1-5-15-16(34-4)10-9-14(31-15)8-6-7-11-27-23(33)19-18-20(37-25(2,3)36-18)24(35-19)32-13-30-17-21(26)28-12-29-22(17)32/h5,9-10,12-13,18-20,24H,1,7,11H2,2-4H3,(H,27,33)(H2,26,28,29)/t18-,19+,20-,24-/m1/s1. The number of hydrogen-bond donors (Lipinski definition) is 2. The third-order valence-electron chi connectivity index (χ3n) is 6.01. The van der Waals surface area contributed by atoms with Crippen molar-refractivity contribution >= 4 is 29.0 Å². The lowest BCUT2D eigenvalue weighted by atomic mass is 10.1. The number of hydrogen-bond acceptors (Lipinski definition) is 10. The number of nitrogens with two attached hydrogens (primary N) is 1. The van der Waals surface area contributed by atoms with E-state index in [2.05, 4.69) is 43.7 Å². The highest BCUT2D eigenvalue weighted by Gasteiger charge is 2.58. The van der Waals surface area contributed by atoms with Crippen molar-refractivity contribution in [3.63, 3.8) is 0 Å². The first kappa shape index (κ1) is 24.6. The lowest BCUT2D eigenvalue weighted by Crippen LogP contribution is -2.43. The van der Waals surface area contributed by atoms with Gasteiger partial charge >= 0.3 is 0 Å². The molecule has 1 amide bonds. The van der Waals surface area contributed by atoms with Gasteiger partial charge in [0.2, 0.25) is 0 Å². The fraction of sp³-hybridized carbons (Fsp3) is 0.400. The van der Waals surface area contributed by atoms with Gasteiger partial charge in [0, 0.05) is 13.0 Å². The molecule has 4 atom stereocenters. The van der Waals surface area contributed by atoms with E-state index < -0.39 is 30.3 Å². The fourth-order valence-electron chi connectivity index (χ4n) is 4.42. The van der Waals surface area contributed by atoms with Crippen LogP contribution in [0.4, 0.5) is 5.82 Å². The highest BCUT2D eigenvalue weighted by Crippen LogP contribution is 2.43. The molecule has 3 aromatic heterocycles. The van der Waals surface area contributed by atoms with Gasteiger partial charge in [-0.3, -0.25) is 9.36 Å². The molecular weight excluding hydrogens is 478 g/mol. The maximum atomic E-state index is 13.1. The number of rotatable bonds is 6. The maximum absolute atomic E-state index is 13.1. The van der Waals surface area contributed by atoms with Crippen LogP contribution in [0.3, 0.4) is 0 Å². The number of carbonyl (C=O) groups excluding carboxylic acids is 1. The molecular formula is C25H27N7O5. The van der Waals surface area contributed by atoms with Crippen molar-refractivity contribution in [3.8, 4) is 17.6 Å². The molecule has 0 aromatic carbocycles. The van der Waals surface area contributed by atoms with E-state index >= 15 is 0 Å². The van der Waals surface area contributed by atoms with Gasteiger partial charge in [0.1, 0.15) is 41.2 Å².